The lowest BCUT2D eigenvalue weighted by Crippen LogP contribution is -2.20. The van der Waals surface area contributed by atoms with Gasteiger partial charge >= 0.3 is 0 Å². The molecule has 0 unspecified atom stereocenters. The van der Waals surface area contributed by atoms with Gasteiger partial charge in [0.05, 0.1) is 16.6 Å². The van der Waals surface area contributed by atoms with Crippen molar-refractivity contribution in [3.63, 3.8) is 0 Å². The average molecular weight is 375 g/mol. The third kappa shape index (κ3) is 2.17. The number of rotatable bonds is 2. The molecule has 3 aromatic carbocycles. The number of amides is 2. The van der Waals surface area contributed by atoms with Crippen LogP contribution in [0.25, 0.3) is 32.9 Å². The van der Waals surface area contributed by atoms with Crippen LogP contribution in [0.4, 0.5) is 0 Å². The zero-order chi connectivity index (χ0) is 18.7. The maximum Gasteiger partial charge on any atom is 0.259 e. The number of hydrogen-bond donors (Lipinski definition) is 1. The molecule has 2 amide bonds. The van der Waals surface area contributed by atoms with E-state index in [1.807, 2.05) is 42.5 Å². The molecule has 2 heterocycles. The van der Waals surface area contributed by atoms with Gasteiger partial charge in [0.1, 0.15) is 0 Å². The van der Waals surface area contributed by atoms with Crippen molar-refractivity contribution >= 4 is 45.2 Å². The number of fused-ring (bicyclic) bond motifs is 5. The van der Waals surface area contributed by atoms with Crippen molar-refractivity contribution in [2.24, 2.45) is 0 Å². The number of aromatic nitrogens is 1. The number of para-hydroxylation sites is 1. The molecule has 0 spiro atoms. The van der Waals surface area contributed by atoms with Crippen LogP contribution in [-0.2, 0) is 6.54 Å². The van der Waals surface area contributed by atoms with Crippen LogP contribution in [0.3, 0.4) is 0 Å². The van der Waals surface area contributed by atoms with E-state index in [1.165, 1.54) is 0 Å². The molecule has 5 rings (SSSR count). The second-order valence-electron chi connectivity index (χ2n) is 6.62. The van der Waals surface area contributed by atoms with Crippen molar-refractivity contribution in [1.82, 2.24) is 9.88 Å². The van der Waals surface area contributed by atoms with Crippen molar-refractivity contribution in [2.45, 2.75) is 13.5 Å². The zero-order valence-electron chi connectivity index (χ0n) is 14.5. The topological polar surface area (TPSA) is 51.1 Å². The van der Waals surface area contributed by atoms with Gasteiger partial charge in [-0.2, -0.15) is 0 Å². The molecule has 0 saturated carbocycles. The van der Waals surface area contributed by atoms with Gasteiger partial charge < -0.3 is 4.57 Å². The van der Waals surface area contributed by atoms with E-state index in [0.717, 1.165) is 39.5 Å². The quantitative estimate of drug-likeness (QED) is 0.501. The first kappa shape index (κ1) is 16.1. The Bertz CT molecular complexity index is 1270. The highest BCUT2D eigenvalue weighted by molar-refractivity contribution is 6.33. The molecule has 0 saturated heterocycles. The van der Waals surface area contributed by atoms with Crippen molar-refractivity contribution in [2.75, 3.05) is 0 Å². The number of carbonyl (C=O) groups excluding carboxylic acids is 2. The van der Waals surface area contributed by atoms with Crippen molar-refractivity contribution < 1.29 is 9.59 Å². The van der Waals surface area contributed by atoms with Crippen LogP contribution in [0.1, 0.15) is 27.6 Å². The minimum absolute atomic E-state index is 0.338. The predicted molar refractivity (Wildman–Crippen MR) is 107 cm³/mol. The summed E-state index contributed by atoms with van der Waals surface area (Å²) in [6, 6.07) is 17.3. The van der Waals surface area contributed by atoms with Crippen LogP contribution >= 0.6 is 11.6 Å². The fourth-order valence-corrected chi connectivity index (χ4v) is 4.22. The summed E-state index contributed by atoms with van der Waals surface area (Å²) in [7, 11) is 0. The lowest BCUT2D eigenvalue weighted by molar-refractivity contribution is 0.0880. The number of nitrogens with zero attached hydrogens (tertiary/aromatic N) is 1. The van der Waals surface area contributed by atoms with E-state index in [-0.39, 0.29) is 11.8 Å². The molecule has 4 aromatic rings. The smallest absolute Gasteiger partial charge is 0.259 e. The van der Waals surface area contributed by atoms with Crippen molar-refractivity contribution in [1.29, 1.82) is 0 Å². The molecule has 5 heteroatoms. The summed E-state index contributed by atoms with van der Waals surface area (Å²) in [5.41, 5.74) is 4.51. The Labute approximate surface area is 160 Å². The van der Waals surface area contributed by atoms with Crippen LogP contribution in [0.15, 0.2) is 54.6 Å². The molecule has 0 atom stereocenters. The van der Waals surface area contributed by atoms with Gasteiger partial charge in [0.2, 0.25) is 0 Å². The zero-order valence-corrected chi connectivity index (χ0v) is 15.3. The van der Waals surface area contributed by atoms with Crippen LogP contribution < -0.4 is 5.32 Å². The Morgan fingerprint density at radius 3 is 2.37 bits per heavy atom. The molecule has 0 fully saturated rings. The first-order valence-electron chi connectivity index (χ1n) is 8.79. The number of halogens is 1. The molecular weight excluding hydrogens is 360 g/mol. The number of imide groups is 1. The van der Waals surface area contributed by atoms with Crippen molar-refractivity contribution in [3.8, 4) is 11.1 Å². The van der Waals surface area contributed by atoms with Gasteiger partial charge in [0.15, 0.2) is 0 Å². The summed E-state index contributed by atoms with van der Waals surface area (Å²) in [5.74, 6) is -0.690. The Kier molecular flexibility index (Phi) is 3.39. The standard InChI is InChI=1S/C22H15ClN2O2/c1-2-25-16-6-4-3-5-14(16)18-17(25)11-15(12-7-9-13(23)10-8-12)19-20(18)22(27)24-21(19)26/h3-11H,2H2,1H3,(H,24,26,27). The lowest BCUT2D eigenvalue weighted by Gasteiger charge is -2.10. The van der Waals surface area contributed by atoms with Crippen molar-refractivity contribution in [3.05, 3.63) is 70.7 Å². The third-order valence-corrected chi connectivity index (χ3v) is 5.47. The maximum atomic E-state index is 12.7. The van der Waals surface area contributed by atoms with Gasteiger partial charge in [-0.25, -0.2) is 0 Å². The van der Waals surface area contributed by atoms with E-state index in [1.54, 1.807) is 12.1 Å². The molecule has 27 heavy (non-hydrogen) atoms. The van der Waals surface area contributed by atoms with E-state index < -0.39 is 0 Å². The van der Waals surface area contributed by atoms with Gasteiger partial charge in [-0.1, -0.05) is 41.9 Å². The molecule has 0 radical (unpaired) electrons. The molecule has 1 aromatic heterocycles. The van der Waals surface area contributed by atoms with Crippen LogP contribution in [-0.4, -0.2) is 16.4 Å². The van der Waals surface area contributed by atoms with Crippen LogP contribution in [0.5, 0.6) is 0 Å². The number of hydrogen-bond acceptors (Lipinski definition) is 2. The molecule has 4 nitrogen and oxygen atoms in total. The first-order chi connectivity index (χ1) is 13.1. The monoisotopic (exact) mass is 374 g/mol. The summed E-state index contributed by atoms with van der Waals surface area (Å²) in [5, 5.41) is 4.92. The minimum atomic E-state index is -0.352. The Morgan fingerprint density at radius 2 is 1.63 bits per heavy atom. The Morgan fingerprint density at radius 1 is 0.926 bits per heavy atom. The molecule has 0 bridgehead atoms. The number of carbonyl (C=O) groups is 2. The number of nitrogens with one attached hydrogen (secondary N) is 1. The summed E-state index contributed by atoms with van der Waals surface area (Å²) in [6.07, 6.45) is 0. The molecule has 1 aliphatic heterocycles. The van der Waals surface area contributed by atoms with Gasteiger partial charge in [-0.05, 0) is 42.3 Å². The van der Waals surface area contributed by atoms with Gasteiger partial charge in [-0.15, -0.1) is 0 Å². The lowest BCUT2D eigenvalue weighted by atomic mass is 9.93. The van der Waals surface area contributed by atoms with Crippen LogP contribution in [0.2, 0.25) is 5.02 Å². The minimum Gasteiger partial charge on any atom is -0.341 e. The molecule has 1 N–H and O–H groups in total. The number of benzene rings is 3. The maximum absolute atomic E-state index is 12.7. The average Bonchev–Trinajstić information content (AvgIpc) is 3.15. The van der Waals surface area contributed by atoms with E-state index in [9.17, 15) is 9.59 Å². The molecule has 1 aliphatic rings. The molecule has 132 valence electrons. The SMILES string of the molecule is CCn1c2ccccc2c2c3c(c(-c4ccc(Cl)cc4)cc21)C(=O)NC3=O. The highest BCUT2D eigenvalue weighted by atomic mass is 35.5. The number of aryl methyl sites for hydroxylation is 1. The molecule has 0 aliphatic carbocycles. The largest absolute Gasteiger partial charge is 0.341 e. The van der Waals surface area contributed by atoms with Gasteiger partial charge in [-0.3, -0.25) is 14.9 Å². The Hall–Kier alpha value is -3.11. The summed E-state index contributed by atoms with van der Waals surface area (Å²) < 4.78 is 2.18. The van der Waals surface area contributed by atoms with E-state index in [0.29, 0.717) is 16.1 Å². The van der Waals surface area contributed by atoms with E-state index in [4.69, 9.17) is 11.6 Å². The Balaban J connectivity index is 2.00. The van der Waals surface area contributed by atoms with Crippen LogP contribution in [0, 0.1) is 0 Å². The van der Waals surface area contributed by atoms with E-state index >= 15 is 0 Å². The first-order valence-corrected chi connectivity index (χ1v) is 9.17. The van der Waals surface area contributed by atoms with E-state index in [2.05, 4.69) is 16.8 Å². The fraction of sp³-hybridized carbons (Fsp3) is 0.0909. The second-order valence-corrected chi connectivity index (χ2v) is 7.06. The normalized spacial score (nSPS) is 13.4. The highest BCUT2D eigenvalue weighted by Crippen LogP contribution is 2.40. The fourth-order valence-electron chi connectivity index (χ4n) is 4.09. The summed E-state index contributed by atoms with van der Waals surface area (Å²) in [6.45, 7) is 2.84. The summed E-state index contributed by atoms with van der Waals surface area (Å²) >= 11 is 6.03. The second kappa shape index (κ2) is 5.69. The third-order valence-electron chi connectivity index (χ3n) is 5.21. The predicted octanol–water partition coefficient (Wildman–Crippen LogP) is 5.02. The van der Waals surface area contributed by atoms with Gasteiger partial charge in [0, 0.05) is 27.9 Å². The molecular formula is C22H15ClN2O2. The highest BCUT2D eigenvalue weighted by Gasteiger charge is 2.34. The summed E-state index contributed by atoms with van der Waals surface area (Å²) in [4.78, 5) is 25.3. The van der Waals surface area contributed by atoms with Gasteiger partial charge in [0.25, 0.3) is 11.8 Å².